The van der Waals surface area contributed by atoms with Crippen LogP contribution in [0.25, 0.3) is 0 Å². The minimum absolute atomic E-state index is 0.475. The van der Waals surface area contributed by atoms with Crippen LogP contribution >= 0.6 is 0 Å². The van der Waals surface area contributed by atoms with Crippen LogP contribution in [-0.2, 0) is 10.4 Å². The van der Waals surface area contributed by atoms with Crippen LogP contribution in [-0.4, -0.2) is 22.6 Å². The molecule has 0 saturated heterocycles. The van der Waals surface area contributed by atoms with Gasteiger partial charge in [0.25, 0.3) is 0 Å². The number of benzene rings is 1. The average Bonchev–Trinajstić information content (AvgIpc) is 2.06. The van der Waals surface area contributed by atoms with Gasteiger partial charge >= 0.3 is 10.4 Å². The maximum atomic E-state index is 9.19. The van der Waals surface area contributed by atoms with E-state index in [4.69, 9.17) is 29.0 Å². The van der Waals surface area contributed by atoms with Crippen LogP contribution in [0, 0.1) is 0 Å². The molecule has 7 nitrogen and oxygen atoms in total. The Morgan fingerprint density at radius 1 is 1.25 bits per heavy atom. The Kier molecular flexibility index (Phi) is 5.18. The van der Waals surface area contributed by atoms with E-state index < -0.39 is 16.5 Å². The van der Waals surface area contributed by atoms with Crippen molar-refractivity contribution < 1.29 is 22.6 Å². The van der Waals surface area contributed by atoms with E-state index in [1.54, 1.807) is 25.1 Å². The third-order valence-electron chi connectivity index (χ3n) is 1.62. The summed E-state index contributed by atoms with van der Waals surface area (Å²) in [6, 6.07) is 5.24. The second kappa shape index (κ2) is 5.66. The highest BCUT2D eigenvalue weighted by Crippen LogP contribution is 2.24. The molecule has 0 fully saturated rings. The van der Waals surface area contributed by atoms with Gasteiger partial charge < -0.3 is 16.6 Å². The van der Waals surface area contributed by atoms with Crippen LogP contribution < -0.4 is 11.5 Å². The molecule has 0 aromatic heterocycles. The van der Waals surface area contributed by atoms with Crippen molar-refractivity contribution in [3.63, 3.8) is 0 Å². The molecule has 7 N–H and O–H groups in total. The van der Waals surface area contributed by atoms with Crippen molar-refractivity contribution in [1.82, 2.24) is 0 Å². The summed E-state index contributed by atoms with van der Waals surface area (Å²) in [5, 5.41) is 9.19. The standard InChI is InChI=1S/C8H12N2O.H2O4S/c1-5(11)6-3-2-4-7(9)8(6)10;1-5(2,3)4/h2-5,11H,9-10H2,1H3;(H2,1,2,3,4). The number of aliphatic hydroxyl groups excluding tert-OH is 1. The summed E-state index contributed by atoms with van der Waals surface area (Å²) >= 11 is 0. The summed E-state index contributed by atoms with van der Waals surface area (Å²) < 4.78 is 31.6. The molecule has 1 rings (SSSR count). The lowest BCUT2D eigenvalue weighted by Crippen LogP contribution is -2.01. The van der Waals surface area contributed by atoms with Gasteiger partial charge in [0.15, 0.2) is 0 Å². The summed E-state index contributed by atoms with van der Waals surface area (Å²) in [4.78, 5) is 0. The van der Waals surface area contributed by atoms with Gasteiger partial charge in [-0.3, -0.25) is 9.11 Å². The van der Waals surface area contributed by atoms with E-state index in [1.807, 2.05) is 0 Å². The van der Waals surface area contributed by atoms with Gasteiger partial charge in [-0.25, -0.2) is 0 Å². The molecule has 16 heavy (non-hydrogen) atoms. The predicted molar refractivity (Wildman–Crippen MR) is 60.1 cm³/mol. The van der Waals surface area contributed by atoms with E-state index in [0.29, 0.717) is 16.9 Å². The minimum atomic E-state index is -4.67. The predicted octanol–water partition coefficient (Wildman–Crippen LogP) is 0.252. The fourth-order valence-corrected chi connectivity index (χ4v) is 0.966. The van der Waals surface area contributed by atoms with E-state index in [-0.39, 0.29) is 0 Å². The van der Waals surface area contributed by atoms with Gasteiger partial charge in [-0.1, -0.05) is 12.1 Å². The van der Waals surface area contributed by atoms with Crippen molar-refractivity contribution in [2.75, 3.05) is 11.5 Å². The number of hydrogen-bond donors (Lipinski definition) is 5. The Bertz CT molecular complexity index is 436. The summed E-state index contributed by atoms with van der Waals surface area (Å²) in [5.41, 5.74) is 12.8. The first kappa shape index (κ1) is 14.6. The van der Waals surface area contributed by atoms with E-state index in [1.165, 1.54) is 0 Å². The summed E-state index contributed by atoms with van der Waals surface area (Å²) in [6.07, 6.45) is -0.557. The zero-order valence-corrected chi connectivity index (χ0v) is 9.35. The van der Waals surface area contributed by atoms with Crippen LogP contribution in [0.5, 0.6) is 0 Å². The molecular weight excluding hydrogens is 236 g/mol. The van der Waals surface area contributed by atoms with E-state index in [2.05, 4.69) is 0 Å². The van der Waals surface area contributed by atoms with Crippen LogP contribution in [0.15, 0.2) is 18.2 Å². The zero-order chi connectivity index (χ0) is 12.9. The first-order valence-electron chi connectivity index (χ1n) is 4.14. The summed E-state index contributed by atoms with van der Waals surface area (Å²) in [5.74, 6) is 0. The van der Waals surface area contributed by atoms with Gasteiger partial charge in [0, 0.05) is 5.56 Å². The molecule has 1 atom stereocenters. The van der Waals surface area contributed by atoms with Gasteiger partial charge in [0.2, 0.25) is 0 Å². The Labute approximate surface area is 93.3 Å². The highest BCUT2D eigenvalue weighted by atomic mass is 32.3. The second-order valence-electron chi connectivity index (χ2n) is 2.97. The molecule has 0 heterocycles. The van der Waals surface area contributed by atoms with Crippen LogP contribution in [0.1, 0.15) is 18.6 Å². The van der Waals surface area contributed by atoms with Crippen LogP contribution in [0.4, 0.5) is 11.4 Å². The lowest BCUT2D eigenvalue weighted by atomic mass is 10.1. The molecule has 0 spiro atoms. The molecule has 1 unspecified atom stereocenters. The van der Waals surface area contributed by atoms with Gasteiger partial charge in [-0.2, -0.15) is 8.42 Å². The Morgan fingerprint density at radius 2 is 1.69 bits per heavy atom. The number of para-hydroxylation sites is 1. The summed E-state index contributed by atoms with van der Waals surface area (Å²) in [7, 11) is -4.67. The second-order valence-corrected chi connectivity index (χ2v) is 3.87. The quantitative estimate of drug-likeness (QED) is 0.354. The fourth-order valence-electron chi connectivity index (χ4n) is 0.966. The smallest absolute Gasteiger partial charge is 0.394 e. The lowest BCUT2D eigenvalue weighted by molar-refractivity contribution is 0.200. The molecule has 0 radical (unpaired) electrons. The first-order valence-corrected chi connectivity index (χ1v) is 5.54. The third-order valence-corrected chi connectivity index (χ3v) is 1.62. The molecule has 0 aliphatic rings. The molecule has 1 aromatic rings. The van der Waals surface area contributed by atoms with Crippen molar-refractivity contribution in [2.45, 2.75) is 13.0 Å². The van der Waals surface area contributed by atoms with E-state index in [9.17, 15) is 5.11 Å². The van der Waals surface area contributed by atoms with Crippen molar-refractivity contribution in [2.24, 2.45) is 0 Å². The number of aliphatic hydroxyl groups is 1. The maximum absolute atomic E-state index is 9.19. The van der Waals surface area contributed by atoms with Gasteiger partial charge in [-0.05, 0) is 13.0 Å². The monoisotopic (exact) mass is 250 g/mol. The van der Waals surface area contributed by atoms with Crippen LogP contribution in [0.3, 0.4) is 0 Å². The largest absolute Gasteiger partial charge is 0.397 e. The lowest BCUT2D eigenvalue weighted by Gasteiger charge is -2.09. The zero-order valence-electron chi connectivity index (χ0n) is 8.53. The number of hydrogen-bond acceptors (Lipinski definition) is 5. The molecular formula is C8H14N2O5S. The van der Waals surface area contributed by atoms with Crippen LogP contribution in [0.2, 0.25) is 0 Å². The van der Waals surface area contributed by atoms with Crippen molar-refractivity contribution in [3.8, 4) is 0 Å². The highest BCUT2D eigenvalue weighted by molar-refractivity contribution is 7.79. The molecule has 92 valence electrons. The Balaban J connectivity index is 0.000000385. The maximum Gasteiger partial charge on any atom is 0.394 e. The fraction of sp³-hybridized carbons (Fsp3) is 0.250. The normalized spacial score (nSPS) is 12.5. The SMILES string of the molecule is CC(O)c1cccc(N)c1N.O=S(=O)(O)O. The number of rotatable bonds is 1. The molecule has 8 heteroatoms. The van der Waals surface area contributed by atoms with Crippen molar-refractivity contribution >= 4 is 21.8 Å². The molecule has 0 saturated carbocycles. The Hall–Kier alpha value is -1.35. The molecule has 0 aliphatic carbocycles. The number of anilines is 2. The van der Waals surface area contributed by atoms with Gasteiger partial charge in [0.05, 0.1) is 17.5 Å². The number of nitrogen functional groups attached to an aromatic ring is 2. The Morgan fingerprint density at radius 3 is 2.00 bits per heavy atom. The van der Waals surface area contributed by atoms with Crippen molar-refractivity contribution in [3.05, 3.63) is 23.8 Å². The van der Waals surface area contributed by atoms with E-state index in [0.717, 1.165) is 0 Å². The molecule has 0 bridgehead atoms. The first-order chi connectivity index (χ1) is 7.13. The summed E-state index contributed by atoms with van der Waals surface area (Å²) in [6.45, 7) is 1.66. The van der Waals surface area contributed by atoms with Gasteiger partial charge in [0.1, 0.15) is 0 Å². The van der Waals surface area contributed by atoms with Gasteiger partial charge in [-0.15, -0.1) is 0 Å². The molecule has 0 aliphatic heterocycles. The third kappa shape index (κ3) is 6.19. The topological polar surface area (TPSA) is 147 Å². The van der Waals surface area contributed by atoms with E-state index >= 15 is 0 Å². The number of nitrogens with two attached hydrogens (primary N) is 2. The van der Waals surface area contributed by atoms with Crippen molar-refractivity contribution in [1.29, 1.82) is 0 Å². The average molecular weight is 250 g/mol. The molecule has 1 aromatic carbocycles. The highest BCUT2D eigenvalue weighted by Gasteiger charge is 2.06. The molecule has 0 amide bonds. The minimum Gasteiger partial charge on any atom is -0.397 e.